The smallest absolute Gasteiger partial charge is 0.260 e. The van der Waals surface area contributed by atoms with Crippen LogP contribution in [0.4, 0.5) is 0 Å². The Labute approximate surface area is 126 Å². The summed E-state index contributed by atoms with van der Waals surface area (Å²) in [5.74, 6) is -0.287. The summed E-state index contributed by atoms with van der Waals surface area (Å²) in [5, 5.41) is 7.81. The molecule has 1 rings (SSSR count). The van der Waals surface area contributed by atoms with E-state index in [4.69, 9.17) is 9.88 Å². The minimum absolute atomic E-state index is 0.0313. The van der Waals surface area contributed by atoms with Crippen molar-refractivity contribution in [3.63, 3.8) is 0 Å². The number of sulfonamides is 1. The van der Waals surface area contributed by atoms with E-state index in [1.54, 1.807) is 6.07 Å². The molecular formula is C12H17BrN2O4S. The van der Waals surface area contributed by atoms with Gasteiger partial charge < -0.3 is 10.1 Å². The first kappa shape index (κ1) is 16.9. The first-order valence-corrected chi connectivity index (χ1v) is 8.24. The molecule has 0 aliphatic carbocycles. The molecule has 0 radical (unpaired) electrons. The number of halogens is 1. The minimum Gasteiger partial charge on any atom is -0.479 e. The van der Waals surface area contributed by atoms with Crippen LogP contribution in [0.3, 0.4) is 0 Å². The largest absolute Gasteiger partial charge is 0.479 e. The first-order chi connectivity index (χ1) is 9.11. The lowest BCUT2D eigenvalue weighted by atomic mass is 10.3. The SMILES string of the molecule is CC(C)NC(=O)C(C)Oc1ccc(Br)cc1S(N)(=O)=O. The number of rotatable bonds is 5. The Morgan fingerprint density at radius 2 is 1.95 bits per heavy atom. The van der Waals surface area contributed by atoms with Crippen molar-refractivity contribution in [1.29, 1.82) is 0 Å². The van der Waals surface area contributed by atoms with E-state index in [-0.39, 0.29) is 22.6 Å². The van der Waals surface area contributed by atoms with Gasteiger partial charge in [-0.25, -0.2) is 13.6 Å². The number of carbonyl (C=O) groups is 1. The molecule has 0 bridgehead atoms. The molecule has 0 aliphatic rings. The van der Waals surface area contributed by atoms with E-state index >= 15 is 0 Å². The van der Waals surface area contributed by atoms with E-state index < -0.39 is 16.1 Å². The van der Waals surface area contributed by atoms with Gasteiger partial charge in [0.2, 0.25) is 10.0 Å². The standard InChI is InChI=1S/C12H17BrN2O4S/c1-7(2)15-12(16)8(3)19-10-5-4-9(13)6-11(10)20(14,17)18/h4-8H,1-3H3,(H,15,16)(H2,14,17,18). The Morgan fingerprint density at radius 1 is 1.35 bits per heavy atom. The summed E-state index contributed by atoms with van der Waals surface area (Å²) in [6.45, 7) is 5.17. The highest BCUT2D eigenvalue weighted by Gasteiger charge is 2.21. The second-order valence-electron chi connectivity index (χ2n) is 4.56. The Balaban J connectivity index is 3.01. The van der Waals surface area contributed by atoms with Gasteiger partial charge in [-0.1, -0.05) is 15.9 Å². The van der Waals surface area contributed by atoms with Gasteiger partial charge in [-0.3, -0.25) is 4.79 Å². The van der Waals surface area contributed by atoms with Gasteiger partial charge in [-0.2, -0.15) is 0 Å². The van der Waals surface area contributed by atoms with E-state index in [2.05, 4.69) is 21.2 Å². The predicted molar refractivity (Wildman–Crippen MR) is 78.9 cm³/mol. The summed E-state index contributed by atoms with van der Waals surface area (Å²) >= 11 is 3.16. The van der Waals surface area contributed by atoms with E-state index in [0.717, 1.165) is 0 Å². The van der Waals surface area contributed by atoms with Crippen molar-refractivity contribution >= 4 is 31.9 Å². The van der Waals surface area contributed by atoms with Crippen molar-refractivity contribution in [3.05, 3.63) is 22.7 Å². The molecule has 1 atom stereocenters. The fourth-order valence-corrected chi connectivity index (χ4v) is 2.65. The zero-order valence-corrected chi connectivity index (χ0v) is 13.8. The highest BCUT2D eigenvalue weighted by molar-refractivity contribution is 9.10. The van der Waals surface area contributed by atoms with Gasteiger partial charge >= 0.3 is 0 Å². The number of carbonyl (C=O) groups excluding carboxylic acids is 1. The Bertz CT molecular complexity index is 601. The van der Waals surface area contributed by atoms with Crippen molar-refractivity contribution in [2.75, 3.05) is 0 Å². The zero-order valence-electron chi connectivity index (χ0n) is 11.4. The molecule has 1 aromatic carbocycles. The molecule has 0 aliphatic heterocycles. The number of nitrogens with one attached hydrogen (secondary N) is 1. The molecule has 112 valence electrons. The molecule has 20 heavy (non-hydrogen) atoms. The molecule has 0 spiro atoms. The average molecular weight is 365 g/mol. The number of ether oxygens (including phenoxy) is 1. The lowest BCUT2D eigenvalue weighted by Gasteiger charge is -2.18. The minimum atomic E-state index is -3.94. The highest BCUT2D eigenvalue weighted by Crippen LogP contribution is 2.27. The summed E-state index contributed by atoms with van der Waals surface area (Å²) < 4.78 is 29.0. The molecule has 0 saturated carbocycles. The van der Waals surface area contributed by atoms with Crippen LogP contribution in [-0.4, -0.2) is 26.5 Å². The number of amides is 1. The molecule has 6 nitrogen and oxygen atoms in total. The predicted octanol–water partition coefficient (Wildman–Crippen LogP) is 1.39. The van der Waals surface area contributed by atoms with Crippen LogP contribution < -0.4 is 15.2 Å². The highest BCUT2D eigenvalue weighted by atomic mass is 79.9. The quantitative estimate of drug-likeness (QED) is 0.824. The lowest BCUT2D eigenvalue weighted by Crippen LogP contribution is -2.40. The van der Waals surface area contributed by atoms with Crippen molar-refractivity contribution in [2.24, 2.45) is 5.14 Å². The second-order valence-corrected chi connectivity index (χ2v) is 7.00. The van der Waals surface area contributed by atoms with Crippen LogP contribution in [-0.2, 0) is 14.8 Å². The van der Waals surface area contributed by atoms with E-state index in [9.17, 15) is 13.2 Å². The molecule has 0 aromatic heterocycles. The van der Waals surface area contributed by atoms with Gasteiger partial charge in [-0.05, 0) is 39.0 Å². The van der Waals surface area contributed by atoms with E-state index in [0.29, 0.717) is 4.47 Å². The second kappa shape index (κ2) is 6.55. The first-order valence-electron chi connectivity index (χ1n) is 5.90. The number of nitrogens with two attached hydrogens (primary N) is 1. The molecule has 8 heteroatoms. The van der Waals surface area contributed by atoms with Crippen LogP contribution in [0.2, 0.25) is 0 Å². The molecular weight excluding hydrogens is 348 g/mol. The average Bonchev–Trinajstić information content (AvgIpc) is 2.29. The van der Waals surface area contributed by atoms with Gasteiger partial charge in [-0.15, -0.1) is 0 Å². The van der Waals surface area contributed by atoms with Crippen LogP contribution in [0.1, 0.15) is 20.8 Å². The van der Waals surface area contributed by atoms with Gasteiger partial charge in [0.1, 0.15) is 10.6 Å². The maximum Gasteiger partial charge on any atom is 0.260 e. The summed E-state index contributed by atoms with van der Waals surface area (Å²) in [6.07, 6.45) is -0.834. The van der Waals surface area contributed by atoms with Gasteiger partial charge in [0.05, 0.1) is 0 Å². The van der Waals surface area contributed by atoms with Gasteiger partial charge in [0, 0.05) is 10.5 Å². The van der Waals surface area contributed by atoms with Crippen LogP contribution in [0.25, 0.3) is 0 Å². The van der Waals surface area contributed by atoms with Crippen molar-refractivity contribution in [1.82, 2.24) is 5.32 Å². The summed E-state index contributed by atoms with van der Waals surface area (Å²) in [6, 6.07) is 4.36. The zero-order chi connectivity index (χ0) is 15.5. The molecule has 1 amide bonds. The fourth-order valence-electron chi connectivity index (χ4n) is 1.45. The number of benzene rings is 1. The molecule has 3 N–H and O–H groups in total. The molecule has 0 heterocycles. The maximum absolute atomic E-state index is 11.8. The molecule has 1 aromatic rings. The topological polar surface area (TPSA) is 98.5 Å². The molecule has 0 fully saturated rings. The third kappa shape index (κ3) is 4.77. The van der Waals surface area contributed by atoms with E-state index in [1.165, 1.54) is 19.1 Å². The summed E-state index contributed by atoms with van der Waals surface area (Å²) in [7, 11) is -3.94. The lowest BCUT2D eigenvalue weighted by molar-refractivity contribution is -0.127. The maximum atomic E-state index is 11.8. The third-order valence-corrected chi connectivity index (χ3v) is 3.74. The van der Waals surface area contributed by atoms with Crippen LogP contribution in [0.5, 0.6) is 5.75 Å². The van der Waals surface area contributed by atoms with Gasteiger partial charge in [0.25, 0.3) is 5.91 Å². The summed E-state index contributed by atoms with van der Waals surface area (Å²) in [5.41, 5.74) is 0. The Morgan fingerprint density at radius 3 is 2.45 bits per heavy atom. The fraction of sp³-hybridized carbons (Fsp3) is 0.417. The Kier molecular flexibility index (Phi) is 5.55. The van der Waals surface area contributed by atoms with Crippen molar-refractivity contribution in [3.8, 4) is 5.75 Å². The summed E-state index contributed by atoms with van der Waals surface area (Å²) in [4.78, 5) is 11.6. The van der Waals surface area contributed by atoms with Crippen LogP contribution in [0.15, 0.2) is 27.6 Å². The van der Waals surface area contributed by atoms with Gasteiger partial charge in [0.15, 0.2) is 6.10 Å². The molecule has 1 unspecified atom stereocenters. The Hall–Kier alpha value is -1.12. The van der Waals surface area contributed by atoms with Crippen molar-refractivity contribution < 1.29 is 17.9 Å². The van der Waals surface area contributed by atoms with Crippen molar-refractivity contribution in [2.45, 2.75) is 37.8 Å². The number of hydrogen-bond acceptors (Lipinski definition) is 4. The third-order valence-electron chi connectivity index (χ3n) is 2.32. The van der Waals surface area contributed by atoms with Crippen LogP contribution in [0, 0.1) is 0 Å². The monoisotopic (exact) mass is 364 g/mol. The van der Waals surface area contributed by atoms with Crippen LogP contribution >= 0.6 is 15.9 Å². The van der Waals surface area contributed by atoms with E-state index in [1.807, 2.05) is 13.8 Å². The number of hydrogen-bond donors (Lipinski definition) is 2. The number of primary sulfonamides is 1. The normalized spacial score (nSPS) is 13.1. The molecule has 0 saturated heterocycles.